The van der Waals surface area contributed by atoms with Crippen LogP contribution in [-0.2, 0) is 16.1 Å². The smallest absolute Gasteiger partial charge is 0.278 e. The van der Waals surface area contributed by atoms with Gasteiger partial charge in [0.1, 0.15) is 17.3 Å². The average molecular weight is 437 g/mol. The molecule has 0 saturated carbocycles. The summed E-state index contributed by atoms with van der Waals surface area (Å²) >= 11 is 0. The highest BCUT2D eigenvalue weighted by Gasteiger charge is 2.42. The van der Waals surface area contributed by atoms with Gasteiger partial charge in [0.2, 0.25) is 0 Å². The third kappa shape index (κ3) is 4.40. The highest BCUT2D eigenvalue weighted by atomic mass is 19.1. The van der Waals surface area contributed by atoms with Crippen LogP contribution >= 0.6 is 0 Å². The Morgan fingerprint density at radius 2 is 1.56 bits per heavy atom. The maximum atomic E-state index is 13.6. The van der Waals surface area contributed by atoms with E-state index in [4.69, 9.17) is 4.74 Å². The molecule has 1 fully saturated rings. The Hall–Kier alpha value is -3.15. The van der Waals surface area contributed by atoms with Crippen LogP contribution in [0.4, 0.5) is 4.39 Å². The van der Waals surface area contributed by atoms with Gasteiger partial charge in [0, 0.05) is 13.1 Å². The minimum Gasteiger partial charge on any atom is -0.494 e. The molecule has 5 nitrogen and oxygen atoms in total. The number of ether oxygens (including phenoxy) is 1. The summed E-state index contributed by atoms with van der Waals surface area (Å²) in [6.45, 7) is 8.42. The van der Waals surface area contributed by atoms with Gasteiger partial charge >= 0.3 is 0 Å². The number of hydrogen-bond donors (Lipinski definition) is 0. The van der Waals surface area contributed by atoms with Crippen molar-refractivity contribution in [1.29, 1.82) is 0 Å². The minimum atomic E-state index is -0.349. The predicted octanol–water partition coefficient (Wildman–Crippen LogP) is 4.48. The van der Waals surface area contributed by atoms with Crippen LogP contribution in [0.25, 0.3) is 5.57 Å². The van der Waals surface area contributed by atoms with Crippen LogP contribution < -0.4 is 4.74 Å². The van der Waals surface area contributed by atoms with Crippen molar-refractivity contribution in [1.82, 2.24) is 9.80 Å². The van der Waals surface area contributed by atoms with E-state index >= 15 is 0 Å². The van der Waals surface area contributed by atoms with Crippen molar-refractivity contribution in [2.45, 2.75) is 33.7 Å². The molecule has 0 N–H and O–H groups in total. The number of benzene rings is 2. The Labute approximate surface area is 188 Å². The average Bonchev–Trinajstić information content (AvgIpc) is 3.00. The van der Waals surface area contributed by atoms with Gasteiger partial charge in [-0.15, -0.1) is 0 Å². The molecule has 2 heterocycles. The molecule has 168 valence electrons. The normalized spacial score (nSPS) is 21.5. The van der Waals surface area contributed by atoms with E-state index in [1.165, 1.54) is 17.0 Å². The van der Waals surface area contributed by atoms with Gasteiger partial charge < -0.3 is 9.64 Å². The summed E-state index contributed by atoms with van der Waals surface area (Å²) in [5.41, 5.74) is 2.32. The SMILES string of the molecule is CCOc1ccc(C2=C(N3CC(C)CC(C)C3)C(=O)N(Cc3ccc(F)cc3)C2=O)cc1. The van der Waals surface area contributed by atoms with Gasteiger partial charge in [-0.25, -0.2) is 4.39 Å². The zero-order chi connectivity index (χ0) is 22.8. The number of amides is 2. The van der Waals surface area contributed by atoms with E-state index in [2.05, 4.69) is 18.7 Å². The minimum absolute atomic E-state index is 0.112. The maximum absolute atomic E-state index is 13.6. The van der Waals surface area contributed by atoms with Crippen LogP contribution in [-0.4, -0.2) is 41.3 Å². The third-order valence-electron chi connectivity index (χ3n) is 6.04. The van der Waals surface area contributed by atoms with Crippen molar-refractivity contribution in [3.05, 3.63) is 71.2 Å². The molecule has 2 aliphatic heterocycles. The molecule has 6 heteroatoms. The van der Waals surface area contributed by atoms with Gasteiger partial charge in [-0.3, -0.25) is 14.5 Å². The van der Waals surface area contributed by atoms with Crippen molar-refractivity contribution in [3.8, 4) is 5.75 Å². The van der Waals surface area contributed by atoms with E-state index in [1.807, 2.05) is 31.2 Å². The summed E-state index contributed by atoms with van der Waals surface area (Å²) in [4.78, 5) is 30.4. The number of carbonyl (C=O) groups excluding carboxylic acids is 2. The van der Waals surface area contributed by atoms with E-state index in [9.17, 15) is 14.0 Å². The summed E-state index contributed by atoms with van der Waals surface area (Å²) in [5, 5.41) is 0. The molecule has 0 radical (unpaired) electrons. The van der Waals surface area contributed by atoms with Crippen molar-refractivity contribution in [2.75, 3.05) is 19.7 Å². The van der Waals surface area contributed by atoms with Gasteiger partial charge in [0.15, 0.2) is 0 Å². The second-order valence-electron chi connectivity index (χ2n) is 8.85. The van der Waals surface area contributed by atoms with Crippen molar-refractivity contribution in [2.24, 2.45) is 11.8 Å². The molecule has 2 aromatic rings. The molecule has 0 spiro atoms. The molecular weight excluding hydrogens is 407 g/mol. The number of halogens is 1. The van der Waals surface area contributed by atoms with Crippen molar-refractivity contribution in [3.63, 3.8) is 0 Å². The van der Waals surface area contributed by atoms with E-state index in [-0.39, 0.29) is 24.2 Å². The zero-order valence-corrected chi connectivity index (χ0v) is 18.8. The molecule has 2 aromatic carbocycles. The van der Waals surface area contributed by atoms with Gasteiger partial charge in [-0.1, -0.05) is 38.1 Å². The topological polar surface area (TPSA) is 49.9 Å². The molecule has 2 aliphatic rings. The monoisotopic (exact) mass is 436 g/mol. The van der Waals surface area contributed by atoms with Crippen molar-refractivity contribution >= 4 is 17.4 Å². The van der Waals surface area contributed by atoms with Crippen LogP contribution in [0.3, 0.4) is 0 Å². The second-order valence-corrected chi connectivity index (χ2v) is 8.85. The lowest BCUT2D eigenvalue weighted by Gasteiger charge is -2.37. The lowest BCUT2D eigenvalue weighted by molar-refractivity contribution is -0.138. The molecule has 32 heavy (non-hydrogen) atoms. The Morgan fingerprint density at radius 1 is 0.938 bits per heavy atom. The Balaban J connectivity index is 1.72. The molecule has 0 bridgehead atoms. The second kappa shape index (κ2) is 9.15. The standard InChI is InChI=1S/C26H29FN2O3/c1-4-32-22-11-7-20(8-12-22)23-24(28-14-17(2)13-18(3)15-28)26(31)29(25(23)30)16-19-5-9-21(27)10-6-19/h5-12,17-18H,4,13-16H2,1-3H3. The fourth-order valence-electron chi connectivity index (χ4n) is 4.76. The number of nitrogens with zero attached hydrogens (tertiary/aromatic N) is 2. The van der Waals surface area contributed by atoms with Gasteiger partial charge in [0.05, 0.1) is 18.7 Å². The number of rotatable bonds is 6. The molecule has 2 atom stereocenters. The van der Waals surface area contributed by atoms with E-state index in [0.29, 0.717) is 40.8 Å². The number of imide groups is 1. The van der Waals surface area contributed by atoms with E-state index in [1.54, 1.807) is 12.1 Å². The first-order valence-electron chi connectivity index (χ1n) is 11.2. The molecule has 0 aliphatic carbocycles. The first kappa shape index (κ1) is 22.1. The van der Waals surface area contributed by atoms with Crippen LogP contribution in [0.5, 0.6) is 5.75 Å². The first-order valence-corrected chi connectivity index (χ1v) is 11.2. The fraction of sp³-hybridized carbons (Fsp3) is 0.385. The Bertz CT molecular complexity index is 1020. The summed E-state index contributed by atoms with van der Waals surface area (Å²) in [5.74, 6) is 0.634. The van der Waals surface area contributed by atoms with E-state index in [0.717, 1.165) is 25.3 Å². The van der Waals surface area contributed by atoms with Crippen LogP contribution in [0, 0.1) is 17.7 Å². The molecule has 2 unspecified atom stereocenters. The maximum Gasteiger partial charge on any atom is 0.278 e. The zero-order valence-electron chi connectivity index (χ0n) is 18.8. The van der Waals surface area contributed by atoms with Crippen LogP contribution in [0.2, 0.25) is 0 Å². The highest BCUT2D eigenvalue weighted by molar-refractivity contribution is 6.35. The molecule has 0 aromatic heterocycles. The largest absolute Gasteiger partial charge is 0.494 e. The number of piperidine rings is 1. The van der Waals surface area contributed by atoms with Crippen molar-refractivity contribution < 1.29 is 18.7 Å². The number of hydrogen-bond acceptors (Lipinski definition) is 4. The number of likely N-dealkylation sites (tertiary alicyclic amines) is 1. The molecule has 4 rings (SSSR count). The lowest BCUT2D eigenvalue weighted by atomic mass is 9.91. The molecule has 2 amide bonds. The van der Waals surface area contributed by atoms with Gasteiger partial charge in [-0.2, -0.15) is 0 Å². The number of carbonyl (C=O) groups is 2. The third-order valence-corrected chi connectivity index (χ3v) is 6.04. The Kier molecular flexibility index (Phi) is 6.31. The summed E-state index contributed by atoms with van der Waals surface area (Å²) < 4.78 is 18.9. The molecular formula is C26H29FN2O3. The lowest BCUT2D eigenvalue weighted by Crippen LogP contribution is -2.41. The van der Waals surface area contributed by atoms with Gasteiger partial charge in [-0.05, 0) is 60.6 Å². The summed E-state index contributed by atoms with van der Waals surface area (Å²) in [7, 11) is 0. The fourth-order valence-corrected chi connectivity index (χ4v) is 4.76. The quantitative estimate of drug-likeness (QED) is 0.627. The first-order chi connectivity index (χ1) is 15.4. The highest BCUT2D eigenvalue weighted by Crippen LogP contribution is 2.36. The summed E-state index contributed by atoms with van der Waals surface area (Å²) in [6.07, 6.45) is 1.10. The van der Waals surface area contributed by atoms with Crippen LogP contribution in [0.1, 0.15) is 38.3 Å². The summed E-state index contributed by atoms with van der Waals surface area (Å²) in [6, 6.07) is 13.2. The predicted molar refractivity (Wildman–Crippen MR) is 121 cm³/mol. The Morgan fingerprint density at radius 3 is 2.16 bits per heavy atom. The van der Waals surface area contributed by atoms with E-state index < -0.39 is 0 Å². The van der Waals surface area contributed by atoms with Crippen LogP contribution in [0.15, 0.2) is 54.2 Å². The van der Waals surface area contributed by atoms with Gasteiger partial charge in [0.25, 0.3) is 11.8 Å². The molecule has 1 saturated heterocycles.